The van der Waals surface area contributed by atoms with Gasteiger partial charge in [-0.05, 0) is 20.9 Å². The minimum absolute atomic E-state index is 0. The van der Waals surface area contributed by atoms with Gasteiger partial charge >= 0.3 is 0 Å². The van der Waals surface area contributed by atoms with E-state index in [2.05, 4.69) is 46.3 Å². The Balaban J connectivity index is 0.00000162. The van der Waals surface area contributed by atoms with E-state index in [-0.39, 0.29) is 24.0 Å². The maximum Gasteiger partial charge on any atom is 0.191 e. The smallest absolute Gasteiger partial charge is 0.191 e. The zero-order chi connectivity index (χ0) is 12.3. The molecule has 2 aliphatic heterocycles. The van der Waals surface area contributed by atoms with Gasteiger partial charge in [0.05, 0.1) is 6.54 Å². The molecule has 0 aromatic heterocycles. The first-order valence-corrected chi connectivity index (χ1v) is 6.62. The average Bonchev–Trinajstić information content (AvgIpc) is 2.73. The molecule has 0 radical (unpaired) electrons. The van der Waals surface area contributed by atoms with E-state index < -0.39 is 0 Å². The first-order chi connectivity index (χ1) is 8.15. The van der Waals surface area contributed by atoms with Crippen LogP contribution in [0.2, 0.25) is 0 Å². The number of aliphatic imine (C=N–C) groups is 1. The predicted octanol–water partition coefficient (Wildman–Crippen LogP) is 0.178. The molecular formula is C12H26IN5. The van der Waals surface area contributed by atoms with Crippen molar-refractivity contribution in [2.45, 2.75) is 25.9 Å². The summed E-state index contributed by atoms with van der Waals surface area (Å²) >= 11 is 0. The van der Waals surface area contributed by atoms with Gasteiger partial charge in [-0.25, -0.2) is 0 Å². The largest absolute Gasteiger partial charge is 0.355 e. The number of piperazine rings is 1. The molecule has 2 N–H and O–H groups in total. The first kappa shape index (κ1) is 16.0. The van der Waals surface area contributed by atoms with E-state index in [4.69, 9.17) is 0 Å². The van der Waals surface area contributed by atoms with Crippen LogP contribution in [0.4, 0.5) is 0 Å². The Hall–Kier alpha value is -0.0800. The molecule has 1 fully saturated rings. The van der Waals surface area contributed by atoms with Gasteiger partial charge in [0.2, 0.25) is 0 Å². The number of nitrogens with zero attached hydrogens (tertiary/aromatic N) is 3. The summed E-state index contributed by atoms with van der Waals surface area (Å²) in [6, 6.07) is 1.06. The second-order valence-corrected chi connectivity index (χ2v) is 5.30. The summed E-state index contributed by atoms with van der Waals surface area (Å²) in [5, 5.41) is 6.74. The van der Waals surface area contributed by atoms with Crippen LogP contribution >= 0.6 is 24.0 Å². The van der Waals surface area contributed by atoms with Gasteiger partial charge in [0.1, 0.15) is 0 Å². The fraction of sp³-hybridized carbons (Fsp3) is 0.917. The van der Waals surface area contributed by atoms with Gasteiger partial charge in [-0.2, -0.15) is 0 Å². The summed E-state index contributed by atoms with van der Waals surface area (Å²) in [5.74, 6) is 0.971. The highest BCUT2D eigenvalue weighted by Gasteiger charge is 2.20. The minimum atomic E-state index is 0. The normalized spacial score (nSPS) is 27.1. The molecule has 0 aromatic carbocycles. The van der Waals surface area contributed by atoms with Crippen molar-refractivity contribution in [3.05, 3.63) is 0 Å². The summed E-state index contributed by atoms with van der Waals surface area (Å²) in [7, 11) is 2.19. The number of hydrogen-bond acceptors (Lipinski definition) is 5. The van der Waals surface area contributed by atoms with Gasteiger partial charge in [0.15, 0.2) is 5.96 Å². The lowest BCUT2D eigenvalue weighted by Gasteiger charge is -2.36. The third-order valence-corrected chi connectivity index (χ3v) is 3.63. The molecular weight excluding hydrogens is 341 g/mol. The third kappa shape index (κ3) is 4.55. The van der Waals surface area contributed by atoms with Crippen molar-refractivity contribution >= 4 is 29.9 Å². The monoisotopic (exact) mass is 367 g/mol. The van der Waals surface area contributed by atoms with Crippen LogP contribution in [-0.2, 0) is 0 Å². The molecule has 2 aliphatic rings. The molecule has 2 atom stereocenters. The summed E-state index contributed by atoms with van der Waals surface area (Å²) in [6.45, 7) is 11.0. The SMILES string of the molecule is CC1CN=C(NCC(C)N2CCN(C)CC2)N1.I. The fourth-order valence-corrected chi connectivity index (χ4v) is 2.30. The van der Waals surface area contributed by atoms with Crippen LogP contribution in [0, 0.1) is 0 Å². The van der Waals surface area contributed by atoms with Gasteiger partial charge in [0, 0.05) is 44.8 Å². The summed E-state index contributed by atoms with van der Waals surface area (Å²) < 4.78 is 0. The quantitative estimate of drug-likeness (QED) is 0.699. The lowest BCUT2D eigenvalue weighted by molar-refractivity contribution is 0.120. The van der Waals surface area contributed by atoms with Crippen LogP contribution in [-0.4, -0.2) is 74.2 Å². The average molecular weight is 367 g/mol. The van der Waals surface area contributed by atoms with Crippen LogP contribution in [0.3, 0.4) is 0 Å². The molecule has 2 rings (SSSR count). The van der Waals surface area contributed by atoms with Crippen molar-refractivity contribution in [2.24, 2.45) is 4.99 Å². The lowest BCUT2D eigenvalue weighted by atomic mass is 10.2. The molecule has 0 aromatic rings. The van der Waals surface area contributed by atoms with Crippen molar-refractivity contribution in [2.75, 3.05) is 46.3 Å². The summed E-state index contributed by atoms with van der Waals surface area (Å²) in [6.07, 6.45) is 0. The number of likely N-dealkylation sites (N-methyl/N-ethyl adjacent to an activating group) is 1. The molecule has 2 heterocycles. The molecule has 0 spiro atoms. The Morgan fingerprint density at radius 3 is 2.61 bits per heavy atom. The van der Waals surface area contributed by atoms with E-state index in [1.165, 1.54) is 26.2 Å². The van der Waals surface area contributed by atoms with Gasteiger partial charge < -0.3 is 15.5 Å². The Labute approximate surface area is 127 Å². The predicted molar refractivity (Wildman–Crippen MR) is 86.8 cm³/mol. The third-order valence-electron chi connectivity index (χ3n) is 3.63. The van der Waals surface area contributed by atoms with Crippen LogP contribution < -0.4 is 10.6 Å². The molecule has 18 heavy (non-hydrogen) atoms. The molecule has 0 bridgehead atoms. The van der Waals surface area contributed by atoms with Crippen molar-refractivity contribution in [3.8, 4) is 0 Å². The lowest BCUT2D eigenvalue weighted by Crippen LogP contribution is -2.52. The Bertz CT molecular complexity index is 276. The summed E-state index contributed by atoms with van der Waals surface area (Å²) in [4.78, 5) is 9.35. The molecule has 2 unspecified atom stereocenters. The van der Waals surface area contributed by atoms with E-state index in [1.54, 1.807) is 0 Å². The van der Waals surface area contributed by atoms with Crippen molar-refractivity contribution in [1.29, 1.82) is 0 Å². The van der Waals surface area contributed by atoms with Gasteiger partial charge in [0.25, 0.3) is 0 Å². The molecule has 0 aliphatic carbocycles. The number of rotatable bonds is 3. The fourth-order valence-electron chi connectivity index (χ4n) is 2.30. The van der Waals surface area contributed by atoms with E-state index in [0.717, 1.165) is 19.0 Å². The first-order valence-electron chi connectivity index (χ1n) is 6.62. The molecule has 6 heteroatoms. The zero-order valence-corrected chi connectivity index (χ0v) is 14.0. The van der Waals surface area contributed by atoms with Crippen molar-refractivity contribution < 1.29 is 0 Å². The van der Waals surface area contributed by atoms with Crippen LogP contribution in [0.5, 0.6) is 0 Å². The Morgan fingerprint density at radius 2 is 2.06 bits per heavy atom. The van der Waals surface area contributed by atoms with Crippen molar-refractivity contribution in [3.63, 3.8) is 0 Å². The number of hydrogen-bond donors (Lipinski definition) is 2. The molecule has 5 nitrogen and oxygen atoms in total. The number of nitrogens with one attached hydrogen (secondary N) is 2. The highest BCUT2D eigenvalue weighted by Crippen LogP contribution is 2.04. The zero-order valence-electron chi connectivity index (χ0n) is 11.6. The summed E-state index contributed by atoms with van der Waals surface area (Å²) in [5.41, 5.74) is 0. The minimum Gasteiger partial charge on any atom is -0.355 e. The standard InChI is InChI=1S/C12H25N5.HI/c1-10-8-13-12(15-10)14-9-11(2)17-6-4-16(3)5-7-17;/h10-11H,4-9H2,1-3H3,(H2,13,14,15);1H. The second kappa shape index (κ2) is 7.49. The highest BCUT2D eigenvalue weighted by atomic mass is 127. The topological polar surface area (TPSA) is 42.9 Å². The van der Waals surface area contributed by atoms with E-state index in [9.17, 15) is 0 Å². The second-order valence-electron chi connectivity index (χ2n) is 5.30. The van der Waals surface area contributed by atoms with Crippen LogP contribution in [0.25, 0.3) is 0 Å². The van der Waals surface area contributed by atoms with Crippen LogP contribution in [0.1, 0.15) is 13.8 Å². The molecule has 1 saturated heterocycles. The van der Waals surface area contributed by atoms with E-state index >= 15 is 0 Å². The van der Waals surface area contributed by atoms with Gasteiger partial charge in [-0.1, -0.05) is 0 Å². The highest BCUT2D eigenvalue weighted by molar-refractivity contribution is 14.0. The van der Waals surface area contributed by atoms with Gasteiger partial charge in [-0.15, -0.1) is 24.0 Å². The molecule has 106 valence electrons. The number of guanidine groups is 1. The number of halogens is 1. The maximum atomic E-state index is 4.41. The van der Waals surface area contributed by atoms with E-state index in [1.807, 2.05) is 0 Å². The van der Waals surface area contributed by atoms with Crippen molar-refractivity contribution in [1.82, 2.24) is 20.4 Å². The Morgan fingerprint density at radius 1 is 1.39 bits per heavy atom. The maximum absolute atomic E-state index is 4.41. The van der Waals surface area contributed by atoms with Crippen LogP contribution in [0.15, 0.2) is 4.99 Å². The van der Waals surface area contributed by atoms with E-state index in [0.29, 0.717) is 12.1 Å². The molecule has 0 amide bonds. The molecule has 0 saturated carbocycles. The van der Waals surface area contributed by atoms with Gasteiger partial charge in [-0.3, -0.25) is 9.89 Å². The Kier molecular flexibility index (Phi) is 6.65.